The van der Waals surface area contributed by atoms with Crippen LogP contribution < -0.4 is 10.0 Å². The first-order chi connectivity index (χ1) is 9.33. The summed E-state index contributed by atoms with van der Waals surface area (Å²) in [6.45, 7) is 0.526. The van der Waals surface area contributed by atoms with Gasteiger partial charge in [0.2, 0.25) is 10.0 Å². The van der Waals surface area contributed by atoms with Crippen molar-refractivity contribution in [1.29, 1.82) is 0 Å². The fraction of sp³-hybridized carbons (Fsp3) is 0.167. The molecule has 0 aliphatic heterocycles. The van der Waals surface area contributed by atoms with Gasteiger partial charge in [-0.1, -0.05) is 11.6 Å². The van der Waals surface area contributed by atoms with Crippen molar-refractivity contribution in [3.05, 3.63) is 44.9 Å². The fourth-order valence-corrected chi connectivity index (χ4v) is 2.87. The van der Waals surface area contributed by atoms with Crippen LogP contribution in [0.15, 0.2) is 34.7 Å². The van der Waals surface area contributed by atoms with Crippen LogP contribution in [-0.4, -0.2) is 14.7 Å². The van der Waals surface area contributed by atoms with E-state index >= 15 is 0 Å². The number of nitrogens with one attached hydrogen (secondary N) is 2. The third kappa shape index (κ3) is 4.57. The molecular formula is C12H12ClIN2O3S. The topological polar surface area (TPSA) is 71.3 Å². The fourth-order valence-electron chi connectivity index (χ4n) is 1.54. The average molecular weight is 427 g/mol. The lowest BCUT2D eigenvalue weighted by atomic mass is 10.3. The number of anilines is 2. The molecule has 2 rings (SSSR count). The lowest BCUT2D eigenvalue weighted by molar-refractivity contribution is 0.493. The van der Waals surface area contributed by atoms with Crippen molar-refractivity contribution in [1.82, 2.24) is 0 Å². The quantitative estimate of drug-likeness (QED) is 0.718. The zero-order valence-corrected chi connectivity index (χ0v) is 14.2. The molecule has 0 saturated heterocycles. The van der Waals surface area contributed by atoms with Gasteiger partial charge in [0.25, 0.3) is 0 Å². The van der Waals surface area contributed by atoms with Crippen molar-refractivity contribution in [3.63, 3.8) is 0 Å². The minimum Gasteiger partial charge on any atom is -0.454 e. The Kier molecular flexibility index (Phi) is 4.82. The normalized spacial score (nSPS) is 11.3. The van der Waals surface area contributed by atoms with E-state index in [1.54, 1.807) is 18.2 Å². The van der Waals surface area contributed by atoms with Crippen LogP contribution in [0.1, 0.15) is 5.76 Å². The third-order valence-electron chi connectivity index (χ3n) is 2.36. The van der Waals surface area contributed by atoms with E-state index in [1.807, 2.05) is 12.1 Å². The number of sulfonamides is 1. The Labute approximate surface area is 135 Å². The maximum atomic E-state index is 11.2. The van der Waals surface area contributed by atoms with E-state index in [-0.39, 0.29) is 0 Å². The molecule has 0 atom stereocenters. The number of hydrogen-bond donors (Lipinski definition) is 2. The van der Waals surface area contributed by atoms with E-state index in [0.29, 0.717) is 17.3 Å². The molecule has 1 heterocycles. The highest BCUT2D eigenvalue weighted by atomic mass is 127. The molecule has 0 amide bonds. The first-order valence-electron chi connectivity index (χ1n) is 5.59. The van der Waals surface area contributed by atoms with Crippen LogP contribution in [-0.2, 0) is 16.6 Å². The summed E-state index contributed by atoms with van der Waals surface area (Å²) in [4.78, 5) is 0. The molecule has 0 aliphatic rings. The second-order valence-corrected chi connectivity index (χ2v) is 7.35. The summed E-state index contributed by atoms with van der Waals surface area (Å²) in [5.41, 5.74) is 1.13. The standard InChI is InChI=1S/C12H12ClIN2O3S/c1-20(17,18)16-11-4-2-8(6-10(11)13)15-7-9-3-5-12(14)19-9/h2-6,15-16H,7H2,1H3. The van der Waals surface area contributed by atoms with Gasteiger partial charge >= 0.3 is 0 Å². The van der Waals surface area contributed by atoms with Crippen molar-refractivity contribution in [2.24, 2.45) is 0 Å². The summed E-state index contributed by atoms with van der Waals surface area (Å²) in [6, 6.07) is 8.77. The minimum absolute atomic E-state index is 0.328. The van der Waals surface area contributed by atoms with Crippen LogP contribution in [0.5, 0.6) is 0 Å². The molecule has 20 heavy (non-hydrogen) atoms. The zero-order valence-electron chi connectivity index (χ0n) is 10.5. The lowest BCUT2D eigenvalue weighted by Crippen LogP contribution is -2.10. The van der Waals surface area contributed by atoms with Crippen LogP contribution in [0.2, 0.25) is 5.02 Å². The molecule has 2 N–H and O–H groups in total. The monoisotopic (exact) mass is 426 g/mol. The predicted octanol–water partition coefficient (Wildman–Crippen LogP) is 3.52. The molecule has 0 fully saturated rings. The smallest absolute Gasteiger partial charge is 0.229 e. The van der Waals surface area contributed by atoms with E-state index in [2.05, 4.69) is 32.6 Å². The highest BCUT2D eigenvalue weighted by Crippen LogP contribution is 2.26. The molecule has 0 saturated carbocycles. The number of halogens is 2. The van der Waals surface area contributed by atoms with Gasteiger partial charge < -0.3 is 9.73 Å². The molecule has 1 aromatic heterocycles. The molecule has 0 unspecified atom stereocenters. The Balaban J connectivity index is 2.05. The van der Waals surface area contributed by atoms with Gasteiger partial charge in [0.15, 0.2) is 3.77 Å². The van der Waals surface area contributed by atoms with E-state index in [4.69, 9.17) is 16.0 Å². The van der Waals surface area contributed by atoms with Crippen molar-refractivity contribution in [3.8, 4) is 0 Å². The second-order valence-electron chi connectivity index (χ2n) is 4.13. The van der Waals surface area contributed by atoms with Crippen LogP contribution in [0.25, 0.3) is 0 Å². The van der Waals surface area contributed by atoms with Gasteiger partial charge in [0.05, 0.1) is 23.5 Å². The SMILES string of the molecule is CS(=O)(=O)Nc1ccc(NCc2ccc(I)o2)cc1Cl. The first-order valence-corrected chi connectivity index (χ1v) is 8.94. The zero-order chi connectivity index (χ0) is 14.8. The summed E-state index contributed by atoms with van der Waals surface area (Å²) in [5.74, 6) is 0.809. The summed E-state index contributed by atoms with van der Waals surface area (Å²) < 4.78 is 30.9. The Morgan fingerprint density at radius 3 is 2.60 bits per heavy atom. The van der Waals surface area contributed by atoms with Crippen molar-refractivity contribution < 1.29 is 12.8 Å². The molecule has 5 nitrogen and oxygen atoms in total. The maximum absolute atomic E-state index is 11.2. The number of hydrogen-bond acceptors (Lipinski definition) is 4. The molecule has 8 heteroatoms. The Hall–Kier alpha value is -0.930. The maximum Gasteiger partial charge on any atom is 0.229 e. The van der Waals surface area contributed by atoms with E-state index in [1.165, 1.54) is 0 Å². The lowest BCUT2D eigenvalue weighted by Gasteiger charge is -2.09. The number of benzene rings is 1. The Morgan fingerprint density at radius 2 is 2.05 bits per heavy atom. The van der Waals surface area contributed by atoms with E-state index in [0.717, 1.165) is 21.5 Å². The van der Waals surface area contributed by atoms with Gasteiger partial charge in [0, 0.05) is 5.69 Å². The summed E-state index contributed by atoms with van der Waals surface area (Å²) in [7, 11) is -3.34. The van der Waals surface area contributed by atoms with Crippen LogP contribution in [0.3, 0.4) is 0 Å². The average Bonchev–Trinajstić information content (AvgIpc) is 2.74. The van der Waals surface area contributed by atoms with Crippen molar-refractivity contribution in [2.75, 3.05) is 16.3 Å². The molecule has 108 valence electrons. The van der Waals surface area contributed by atoms with Crippen molar-refractivity contribution in [2.45, 2.75) is 6.54 Å². The highest BCUT2D eigenvalue weighted by molar-refractivity contribution is 14.1. The van der Waals surface area contributed by atoms with Gasteiger partial charge in [-0.25, -0.2) is 8.42 Å². The summed E-state index contributed by atoms with van der Waals surface area (Å²) >= 11 is 8.13. The number of furan rings is 1. The van der Waals surface area contributed by atoms with Gasteiger partial charge in [-0.15, -0.1) is 0 Å². The molecule has 0 spiro atoms. The predicted molar refractivity (Wildman–Crippen MR) is 88.7 cm³/mol. The molecule has 0 aliphatic carbocycles. The van der Waals surface area contributed by atoms with Crippen LogP contribution >= 0.6 is 34.2 Å². The highest BCUT2D eigenvalue weighted by Gasteiger charge is 2.07. The van der Waals surface area contributed by atoms with Gasteiger partial charge in [-0.2, -0.15) is 0 Å². The molecule has 0 bridgehead atoms. The summed E-state index contributed by atoms with van der Waals surface area (Å²) in [6.07, 6.45) is 1.08. The molecule has 1 aromatic carbocycles. The van der Waals surface area contributed by atoms with Crippen LogP contribution in [0, 0.1) is 3.77 Å². The Morgan fingerprint density at radius 1 is 1.30 bits per heavy atom. The number of rotatable bonds is 5. The first kappa shape index (κ1) is 15.5. The minimum atomic E-state index is -3.34. The second kappa shape index (κ2) is 6.23. The third-order valence-corrected chi connectivity index (χ3v) is 3.84. The molecule has 2 aromatic rings. The largest absolute Gasteiger partial charge is 0.454 e. The van der Waals surface area contributed by atoms with Crippen molar-refractivity contribution >= 4 is 55.6 Å². The van der Waals surface area contributed by atoms with E-state index < -0.39 is 10.0 Å². The van der Waals surface area contributed by atoms with Gasteiger partial charge in [0.1, 0.15) is 5.76 Å². The van der Waals surface area contributed by atoms with Gasteiger partial charge in [-0.05, 0) is 52.9 Å². The summed E-state index contributed by atoms with van der Waals surface area (Å²) in [5, 5.41) is 3.47. The molecule has 0 radical (unpaired) electrons. The Bertz CT molecular complexity index is 715. The van der Waals surface area contributed by atoms with Gasteiger partial charge in [-0.3, -0.25) is 4.72 Å². The van der Waals surface area contributed by atoms with E-state index in [9.17, 15) is 8.42 Å². The van der Waals surface area contributed by atoms with Crippen LogP contribution in [0.4, 0.5) is 11.4 Å². The molecular weight excluding hydrogens is 415 g/mol.